The van der Waals surface area contributed by atoms with Crippen LogP contribution in [0.5, 0.6) is 5.75 Å². The summed E-state index contributed by atoms with van der Waals surface area (Å²) in [7, 11) is 0. The van der Waals surface area contributed by atoms with Gasteiger partial charge in [0, 0.05) is 12.6 Å². The van der Waals surface area contributed by atoms with Gasteiger partial charge in [0.25, 0.3) is 0 Å². The zero-order valence-electron chi connectivity index (χ0n) is 12.4. The van der Waals surface area contributed by atoms with Crippen LogP contribution in [0.15, 0.2) is 30.3 Å². The molecule has 0 saturated carbocycles. The highest BCUT2D eigenvalue weighted by molar-refractivity contribution is 5.71. The van der Waals surface area contributed by atoms with Crippen molar-refractivity contribution < 1.29 is 19.4 Å². The predicted molar refractivity (Wildman–Crippen MR) is 79.5 cm³/mol. The highest BCUT2D eigenvalue weighted by atomic mass is 16.5. The smallest absolute Gasteiger partial charge is 0.310 e. The number of aliphatic carboxylic acids is 1. The Morgan fingerprint density at radius 3 is 2.76 bits per heavy atom. The molecule has 0 aliphatic carbocycles. The molecule has 1 N–H and O–H groups in total. The fraction of sp³-hybridized carbons (Fsp3) is 0.562. The monoisotopic (exact) mass is 293 g/mol. The third-order valence-corrected chi connectivity index (χ3v) is 3.74. The van der Waals surface area contributed by atoms with E-state index in [1.807, 2.05) is 30.3 Å². The Morgan fingerprint density at radius 2 is 2.10 bits per heavy atom. The van der Waals surface area contributed by atoms with E-state index in [0.717, 1.165) is 18.7 Å². The summed E-state index contributed by atoms with van der Waals surface area (Å²) < 4.78 is 11.1. The Kier molecular flexibility index (Phi) is 6.02. The highest BCUT2D eigenvalue weighted by Gasteiger charge is 2.37. The van der Waals surface area contributed by atoms with Gasteiger partial charge in [-0.05, 0) is 25.1 Å². The van der Waals surface area contributed by atoms with E-state index in [1.165, 1.54) is 0 Å². The third-order valence-electron chi connectivity index (χ3n) is 3.74. The third kappa shape index (κ3) is 4.44. The van der Waals surface area contributed by atoms with Crippen molar-refractivity contribution in [1.29, 1.82) is 0 Å². The van der Waals surface area contributed by atoms with Crippen molar-refractivity contribution in [2.45, 2.75) is 19.4 Å². The van der Waals surface area contributed by atoms with Crippen molar-refractivity contribution in [3.05, 3.63) is 30.3 Å². The quantitative estimate of drug-likeness (QED) is 0.793. The van der Waals surface area contributed by atoms with Crippen LogP contribution < -0.4 is 4.74 Å². The molecule has 5 heteroatoms. The molecular weight excluding hydrogens is 270 g/mol. The Hall–Kier alpha value is -1.59. The van der Waals surface area contributed by atoms with Gasteiger partial charge in [0.15, 0.2) is 0 Å². The van der Waals surface area contributed by atoms with Crippen LogP contribution in [-0.4, -0.2) is 54.9 Å². The van der Waals surface area contributed by atoms with Gasteiger partial charge in [0.1, 0.15) is 12.4 Å². The molecule has 0 spiro atoms. The lowest BCUT2D eigenvalue weighted by molar-refractivity contribution is -0.143. The Bertz CT molecular complexity index is 437. The molecule has 2 atom stereocenters. The minimum Gasteiger partial charge on any atom is -0.492 e. The van der Waals surface area contributed by atoms with E-state index in [2.05, 4.69) is 11.8 Å². The number of hydrogen-bond donors (Lipinski definition) is 1. The van der Waals surface area contributed by atoms with Crippen molar-refractivity contribution in [1.82, 2.24) is 4.90 Å². The van der Waals surface area contributed by atoms with Crippen molar-refractivity contribution >= 4 is 5.97 Å². The van der Waals surface area contributed by atoms with Crippen molar-refractivity contribution in [3.8, 4) is 5.75 Å². The molecule has 1 aromatic rings. The van der Waals surface area contributed by atoms with Crippen LogP contribution in [0, 0.1) is 5.92 Å². The van der Waals surface area contributed by atoms with Gasteiger partial charge in [-0.2, -0.15) is 0 Å². The maximum absolute atomic E-state index is 11.3. The first-order chi connectivity index (χ1) is 10.2. The van der Waals surface area contributed by atoms with Gasteiger partial charge in [-0.15, -0.1) is 0 Å². The second-order valence-electron chi connectivity index (χ2n) is 5.25. The summed E-state index contributed by atoms with van der Waals surface area (Å²) >= 11 is 0. The summed E-state index contributed by atoms with van der Waals surface area (Å²) in [6.07, 6.45) is 0.980. The lowest BCUT2D eigenvalue weighted by atomic mass is 10.0. The molecule has 1 aromatic carbocycles. The number of para-hydroxylation sites is 1. The standard InChI is InChI=1S/C16H23NO4/c1-2-8-17(15-12-20-11-14(15)16(18)19)9-10-21-13-6-4-3-5-7-13/h3-7,14-15H,2,8-12H2,1H3,(H,18,19). The van der Waals surface area contributed by atoms with E-state index in [1.54, 1.807) is 0 Å². The first-order valence-corrected chi connectivity index (χ1v) is 7.44. The topological polar surface area (TPSA) is 59.0 Å². The fourth-order valence-corrected chi connectivity index (χ4v) is 2.67. The molecular formula is C16H23NO4. The summed E-state index contributed by atoms with van der Waals surface area (Å²) in [5.41, 5.74) is 0. The van der Waals surface area contributed by atoms with Gasteiger partial charge >= 0.3 is 5.97 Å². The molecule has 1 aliphatic heterocycles. The molecule has 1 fully saturated rings. The average molecular weight is 293 g/mol. The number of carboxylic acid groups (broad SMARTS) is 1. The Balaban J connectivity index is 1.88. The second-order valence-corrected chi connectivity index (χ2v) is 5.25. The molecule has 0 radical (unpaired) electrons. The van der Waals surface area contributed by atoms with Gasteiger partial charge in [0.2, 0.25) is 0 Å². The van der Waals surface area contributed by atoms with E-state index < -0.39 is 11.9 Å². The zero-order chi connectivity index (χ0) is 15.1. The van der Waals surface area contributed by atoms with Gasteiger partial charge in [-0.25, -0.2) is 0 Å². The molecule has 21 heavy (non-hydrogen) atoms. The van der Waals surface area contributed by atoms with Crippen LogP contribution in [-0.2, 0) is 9.53 Å². The summed E-state index contributed by atoms with van der Waals surface area (Å²) in [5.74, 6) is -0.373. The van der Waals surface area contributed by atoms with Gasteiger partial charge in [-0.3, -0.25) is 9.69 Å². The number of hydrogen-bond acceptors (Lipinski definition) is 4. The molecule has 2 rings (SSSR count). The number of carboxylic acids is 1. The molecule has 1 saturated heterocycles. The number of ether oxygens (including phenoxy) is 2. The lowest BCUT2D eigenvalue weighted by Gasteiger charge is -2.29. The first-order valence-electron chi connectivity index (χ1n) is 7.44. The van der Waals surface area contributed by atoms with Crippen LogP contribution in [0.1, 0.15) is 13.3 Å². The first kappa shape index (κ1) is 15.8. The SMILES string of the molecule is CCCN(CCOc1ccccc1)C1COCC1C(=O)O. The molecule has 0 aromatic heterocycles. The van der Waals surface area contributed by atoms with E-state index >= 15 is 0 Å². The molecule has 2 unspecified atom stereocenters. The Morgan fingerprint density at radius 1 is 1.33 bits per heavy atom. The second kappa shape index (κ2) is 8.00. The van der Waals surface area contributed by atoms with E-state index in [0.29, 0.717) is 26.4 Å². The van der Waals surface area contributed by atoms with Gasteiger partial charge in [-0.1, -0.05) is 25.1 Å². The van der Waals surface area contributed by atoms with Crippen LogP contribution in [0.25, 0.3) is 0 Å². The van der Waals surface area contributed by atoms with Crippen molar-refractivity contribution in [3.63, 3.8) is 0 Å². The van der Waals surface area contributed by atoms with Gasteiger partial charge < -0.3 is 14.6 Å². The van der Waals surface area contributed by atoms with E-state index in [9.17, 15) is 9.90 Å². The summed E-state index contributed by atoms with van der Waals surface area (Å²) in [5, 5.41) is 9.27. The minimum atomic E-state index is -0.775. The number of benzene rings is 1. The summed E-state index contributed by atoms with van der Waals surface area (Å²) in [4.78, 5) is 13.5. The predicted octanol–water partition coefficient (Wildman–Crippen LogP) is 1.88. The van der Waals surface area contributed by atoms with Crippen LogP contribution in [0.4, 0.5) is 0 Å². The van der Waals surface area contributed by atoms with Crippen molar-refractivity contribution in [2.75, 3.05) is 32.9 Å². The van der Waals surface area contributed by atoms with Crippen LogP contribution >= 0.6 is 0 Å². The van der Waals surface area contributed by atoms with E-state index in [4.69, 9.17) is 9.47 Å². The van der Waals surface area contributed by atoms with Crippen LogP contribution in [0.3, 0.4) is 0 Å². The number of nitrogens with zero attached hydrogens (tertiary/aromatic N) is 1. The molecule has 1 aliphatic rings. The molecule has 0 amide bonds. The maximum Gasteiger partial charge on any atom is 0.310 e. The molecule has 5 nitrogen and oxygen atoms in total. The highest BCUT2D eigenvalue weighted by Crippen LogP contribution is 2.20. The van der Waals surface area contributed by atoms with Gasteiger partial charge in [0.05, 0.1) is 19.1 Å². The van der Waals surface area contributed by atoms with E-state index in [-0.39, 0.29) is 6.04 Å². The molecule has 0 bridgehead atoms. The number of rotatable bonds is 8. The maximum atomic E-state index is 11.3. The lowest BCUT2D eigenvalue weighted by Crippen LogP contribution is -2.45. The minimum absolute atomic E-state index is 0.0539. The normalized spacial score (nSPS) is 21.6. The number of carbonyl (C=O) groups is 1. The largest absolute Gasteiger partial charge is 0.492 e. The van der Waals surface area contributed by atoms with Crippen LogP contribution in [0.2, 0.25) is 0 Å². The Labute approximate surface area is 125 Å². The van der Waals surface area contributed by atoms with Crippen molar-refractivity contribution in [2.24, 2.45) is 5.92 Å². The summed E-state index contributed by atoms with van der Waals surface area (Å²) in [6.45, 7) is 5.00. The summed E-state index contributed by atoms with van der Waals surface area (Å²) in [6, 6.07) is 9.60. The molecule has 1 heterocycles. The average Bonchev–Trinajstić information content (AvgIpc) is 2.97. The fourth-order valence-electron chi connectivity index (χ4n) is 2.67. The zero-order valence-corrected chi connectivity index (χ0v) is 12.4. The molecule has 116 valence electrons.